The van der Waals surface area contributed by atoms with Crippen molar-refractivity contribution in [1.29, 1.82) is 0 Å². The van der Waals surface area contributed by atoms with E-state index in [2.05, 4.69) is 6.92 Å². The molecular formula is C33H59NO7PS+. The zero-order valence-electron chi connectivity index (χ0n) is 27.3. The molecule has 1 saturated heterocycles. The van der Waals surface area contributed by atoms with E-state index in [-0.39, 0.29) is 0 Å². The number of unbranched alkanes of at least 4 members (excludes halogenated alkanes) is 13. The third kappa shape index (κ3) is 13.4. The number of carbonyl (C=O) groups is 1. The number of nitrogens with zero attached hydrogens (tertiary/aromatic N) is 1. The van der Waals surface area contributed by atoms with Gasteiger partial charge < -0.3 is 19.3 Å². The van der Waals surface area contributed by atoms with Crippen molar-refractivity contribution < 1.29 is 37.6 Å². The van der Waals surface area contributed by atoms with Crippen LogP contribution in [-0.2, 0) is 28.4 Å². The van der Waals surface area contributed by atoms with Crippen molar-refractivity contribution in [2.45, 2.75) is 122 Å². The number of phosphoric acid groups is 1. The predicted molar refractivity (Wildman–Crippen MR) is 178 cm³/mol. The highest BCUT2D eigenvalue weighted by Gasteiger charge is 2.59. The molecule has 1 aliphatic heterocycles. The zero-order valence-corrected chi connectivity index (χ0v) is 29.0. The van der Waals surface area contributed by atoms with Gasteiger partial charge in [0.05, 0.1) is 31.3 Å². The predicted octanol–water partition coefficient (Wildman–Crippen LogP) is 8.24. The van der Waals surface area contributed by atoms with Gasteiger partial charge in [-0.25, -0.2) is 9.09 Å². The van der Waals surface area contributed by atoms with Crippen LogP contribution in [0.4, 0.5) is 0 Å². The molecular weight excluding hydrogens is 585 g/mol. The molecule has 1 heterocycles. The lowest BCUT2D eigenvalue weighted by Crippen LogP contribution is -2.54. The first-order valence-electron chi connectivity index (χ1n) is 16.5. The summed E-state index contributed by atoms with van der Waals surface area (Å²) >= 11 is 0. The summed E-state index contributed by atoms with van der Waals surface area (Å²) in [6.07, 6.45) is 19.3. The van der Waals surface area contributed by atoms with Crippen LogP contribution in [-0.4, -0.2) is 64.9 Å². The lowest BCUT2D eigenvalue weighted by atomic mass is 10.0. The molecule has 0 bridgehead atoms. The zero-order chi connectivity index (χ0) is 31.6. The van der Waals surface area contributed by atoms with Gasteiger partial charge in [-0.1, -0.05) is 109 Å². The van der Waals surface area contributed by atoms with Crippen molar-refractivity contribution in [3.05, 3.63) is 35.9 Å². The summed E-state index contributed by atoms with van der Waals surface area (Å²) in [7, 11) is -1.73. The number of esters is 1. The second-order valence-electron chi connectivity index (χ2n) is 12.3. The Labute approximate surface area is 263 Å². The summed E-state index contributed by atoms with van der Waals surface area (Å²) in [5.74, 6) is 0.145. The van der Waals surface area contributed by atoms with Gasteiger partial charge >= 0.3 is 18.8 Å². The molecule has 1 aromatic carbocycles. The average molecular weight is 645 g/mol. The Balaban J connectivity index is 1.81. The van der Waals surface area contributed by atoms with Crippen molar-refractivity contribution >= 4 is 29.3 Å². The second-order valence-corrected chi connectivity index (χ2v) is 15.7. The average Bonchev–Trinajstić information content (AvgIpc) is 3.21. The summed E-state index contributed by atoms with van der Waals surface area (Å²) in [5.41, 5.74) is 0.789. The fourth-order valence-electron chi connectivity index (χ4n) is 5.91. The van der Waals surface area contributed by atoms with Crippen LogP contribution in [0.3, 0.4) is 0 Å². The molecule has 0 aliphatic carbocycles. The quantitative estimate of drug-likeness (QED) is 0.0431. The van der Waals surface area contributed by atoms with Crippen molar-refractivity contribution in [3.63, 3.8) is 0 Å². The van der Waals surface area contributed by atoms with Gasteiger partial charge in [0.15, 0.2) is 0 Å². The summed E-state index contributed by atoms with van der Waals surface area (Å²) in [5, 5.41) is -0.839. The first-order chi connectivity index (χ1) is 20.5. The maximum atomic E-state index is 12.4. The molecule has 1 fully saturated rings. The summed E-state index contributed by atoms with van der Waals surface area (Å²) in [4.78, 5) is 32.0. The van der Waals surface area contributed by atoms with Crippen LogP contribution < -0.4 is 0 Å². The molecule has 2 N–H and O–H groups in total. The van der Waals surface area contributed by atoms with Crippen LogP contribution in [0.2, 0.25) is 0 Å². The van der Waals surface area contributed by atoms with E-state index < -0.39 is 29.3 Å². The maximum absolute atomic E-state index is 12.4. The van der Waals surface area contributed by atoms with E-state index in [1.54, 1.807) is 0 Å². The number of benzene rings is 1. The van der Waals surface area contributed by atoms with E-state index >= 15 is 0 Å². The number of quaternary nitrogens is 1. The number of hydrogen-bond donors (Lipinski definition) is 2. The molecule has 43 heavy (non-hydrogen) atoms. The van der Waals surface area contributed by atoms with Crippen molar-refractivity contribution in [1.82, 2.24) is 0 Å². The normalized spacial score (nSPS) is 20.3. The number of ether oxygens (including phenoxy) is 2. The Morgan fingerprint density at radius 2 is 1.37 bits per heavy atom. The van der Waals surface area contributed by atoms with E-state index in [1.165, 1.54) is 84.0 Å². The molecule has 8 nitrogen and oxygen atoms in total. The van der Waals surface area contributed by atoms with E-state index in [0.29, 0.717) is 47.9 Å². The first-order valence-corrected chi connectivity index (χ1v) is 19.4. The van der Waals surface area contributed by atoms with Gasteiger partial charge in [0.1, 0.15) is 0 Å². The SMILES string of the molecule is CCCCCCCCCCCCCCCCOCCCC(OP(=O)(O)O)=S1CC[N+](C)(C)C1(OC(C)=O)c1ccccc1. The molecule has 1 aliphatic rings. The molecule has 0 spiro atoms. The van der Waals surface area contributed by atoms with E-state index in [0.717, 1.165) is 18.4 Å². The van der Waals surface area contributed by atoms with Gasteiger partial charge in [-0.15, -0.1) is 0 Å². The van der Waals surface area contributed by atoms with Gasteiger partial charge in [-0.3, -0.25) is 9.28 Å². The van der Waals surface area contributed by atoms with Crippen LogP contribution in [0.5, 0.6) is 0 Å². The van der Waals surface area contributed by atoms with Gasteiger partial charge in [-0.05, 0) is 35.5 Å². The smallest absolute Gasteiger partial charge is 0.396 e. The van der Waals surface area contributed by atoms with Crippen molar-refractivity contribution in [3.8, 4) is 0 Å². The summed E-state index contributed by atoms with van der Waals surface area (Å²) < 4.78 is 29.7. The molecule has 0 aromatic heterocycles. The highest BCUT2D eigenvalue weighted by Crippen LogP contribution is 2.56. The van der Waals surface area contributed by atoms with E-state index in [1.807, 2.05) is 44.4 Å². The molecule has 248 valence electrons. The van der Waals surface area contributed by atoms with E-state index in [9.17, 15) is 19.1 Å². The molecule has 0 radical (unpaired) electrons. The minimum absolute atomic E-state index is 0.294. The highest BCUT2D eigenvalue weighted by molar-refractivity contribution is 8.16. The molecule has 2 atom stereocenters. The van der Waals surface area contributed by atoms with Crippen LogP contribution in [0.1, 0.15) is 122 Å². The van der Waals surface area contributed by atoms with Crippen LogP contribution in [0.25, 0.3) is 0 Å². The van der Waals surface area contributed by atoms with Gasteiger partial charge in [0, 0.05) is 32.3 Å². The van der Waals surface area contributed by atoms with Crippen LogP contribution >= 0.6 is 18.3 Å². The third-order valence-electron chi connectivity index (χ3n) is 8.21. The van der Waals surface area contributed by atoms with Gasteiger partial charge in [0.2, 0.25) is 0 Å². The van der Waals surface area contributed by atoms with Crippen LogP contribution in [0, 0.1) is 0 Å². The Hall–Kier alpha value is -1.06. The molecule has 2 rings (SSSR count). The maximum Gasteiger partial charge on any atom is 0.474 e. The van der Waals surface area contributed by atoms with Crippen molar-refractivity contribution in [2.24, 2.45) is 0 Å². The molecule has 0 saturated carbocycles. The van der Waals surface area contributed by atoms with Gasteiger partial charge in [-0.2, -0.15) is 0 Å². The van der Waals surface area contributed by atoms with Crippen LogP contribution in [0.15, 0.2) is 30.3 Å². The van der Waals surface area contributed by atoms with Crippen molar-refractivity contribution in [2.75, 3.05) is 39.6 Å². The highest BCUT2D eigenvalue weighted by atomic mass is 32.2. The third-order valence-corrected chi connectivity index (χ3v) is 11.7. The fraction of sp³-hybridized carbons (Fsp3) is 0.758. The molecule has 10 heteroatoms. The lowest BCUT2D eigenvalue weighted by molar-refractivity contribution is -0.947. The minimum Gasteiger partial charge on any atom is -0.396 e. The Morgan fingerprint density at radius 1 is 0.860 bits per heavy atom. The van der Waals surface area contributed by atoms with E-state index in [4.69, 9.17) is 14.0 Å². The summed E-state index contributed by atoms with van der Waals surface area (Å²) in [6, 6.07) is 9.47. The second kappa shape index (κ2) is 20.1. The minimum atomic E-state index is -4.81. The van der Waals surface area contributed by atoms with Gasteiger partial charge in [0.25, 0.3) is 0 Å². The lowest BCUT2D eigenvalue weighted by Gasteiger charge is -2.42. The summed E-state index contributed by atoms with van der Waals surface area (Å²) in [6.45, 7) is 5.47. The Bertz CT molecular complexity index is 1010. The number of hydrogen-bond acceptors (Lipinski definition) is 5. The largest absolute Gasteiger partial charge is 0.474 e. The monoisotopic (exact) mass is 644 g/mol. The number of rotatable bonds is 22. The standard InChI is InChI=1S/C33H58NO7PS/c1-5-6-7-8-9-10-11-12-13-14-15-16-17-21-27-39-28-22-25-32(41-42(36,37)38)43-29-26-34(3,4)33(43,40-30(2)35)31-23-19-18-20-24-31/h18-20,23-24H,5-17,21-22,25-29H2,1-4H3,(H-,36,37,38)/p+1. The molecule has 1 aromatic rings. The number of phosphoric ester groups is 1. The Morgan fingerprint density at radius 3 is 1.88 bits per heavy atom. The number of carbonyl (C=O) groups excluding carboxylic acids is 1. The Kier molecular flexibility index (Phi) is 17.9. The molecule has 2 unspecified atom stereocenters. The first kappa shape index (κ1) is 38.1. The fourth-order valence-corrected chi connectivity index (χ4v) is 10.1. The molecule has 0 amide bonds. The topological polar surface area (TPSA) is 102 Å².